The van der Waals surface area contributed by atoms with Crippen LogP contribution in [-0.4, -0.2) is 7.05 Å². The van der Waals surface area contributed by atoms with Crippen LogP contribution in [0.3, 0.4) is 0 Å². The van der Waals surface area contributed by atoms with Crippen molar-refractivity contribution in [3.63, 3.8) is 0 Å². The Kier molecular flexibility index (Phi) is 5.56. The molecule has 0 saturated carbocycles. The van der Waals surface area contributed by atoms with E-state index in [1.165, 1.54) is 17.7 Å². The molecule has 0 saturated heterocycles. The van der Waals surface area contributed by atoms with Crippen LogP contribution in [0.4, 0.5) is 14.5 Å². The maximum atomic E-state index is 12.4. The number of halogens is 2. The smallest absolute Gasteiger partial charge is 0.263 e. The highest BCUT2D eigenvalue weighted by atomic mass is 19.3. The van der Waals surface area contributed by atoms with Gasteiger partial charge in [-0.2, -0.15) is 0 Å². The number of hydrogen-bond donors (Lipinski definition) is 0. The minimum absolute atomic E-state index is 0.0539. The minimum Gasteiger partial charge on any atom is -0.351 e. The third-order valence-electron chi connectivity index (χ3n) is 2.64. The zero-order valence-corrected chi connectivity index (χ0v) is 11.0. The number of benzene rings is 1. The second-order valence-corrected chi connectivity index (χ2v) is 4.18. The van der Waals surface area contributed by atoms with E-state index in [0.29, 0.717) is 0 Å². The van der Waals surface area contributed by atoms with E-state index in [1.54, 1.807) is 12.1 Å². The number of allylic oxidation sites excluding steroid dienone is 3. The van der Waals surface area contributed by atoms with Crippen molar-refractivity contribution in [1.82, 2.24) is 0 Å². The van der Waals surface area contributed by atoms with Crippen LogP contribution in [0.25, 0.3) is 0 Å². The van der Waals surface area contributed by atoms with E-state index in [-0.39, 0.29) is 5.56 Å². The Hall–Kier alpha value is -1.64. The highest BCUT2D eigenvalue weighted by Crippen LogP contribution is 2.22. The van der Waals surface area contributed by atoms with E-state index in [4.69, 9.17) is 0 Å². The second-order valence-electron chi connectivity index (χ2n) is 4.18. The van der Waals surface area contributed by atoms with Gasteiger partial charge in [0.05, 0.1) is 0 Å². The van der Waals surface area contributed by atoms with E-state index in [0.717, 1.165) is 12.1 Å². The molecule has 0 aliphatic heterocycles. The SMILES string of the molecule is CC/C=C(C)\C=C/N(C)c1ccc(C(F)F)cc1. The van der Waals surface area contributed by atoms with Crippen LogP contribution in [0.2, 0.25) is 0 Å². The van der Waals surface area contributed by atoms with Crippen LogP contribution in [0.1, 0.15) is 32.3 Å². The monoisotopic (exact) mass is 251 g/mol. The molecule has 1 aromatic rings. The molecular weight excluding hydrogens is 232 g/mol. The van der Waals surface area contributed by atoms with Gasteiger partial charge in [0.15, 0.2) is 0 Å². The van der Waals surface area contributed by atoms with Crippen LogP contribution in [0, 0.1) is 0 Å². The predicted molar refractivity (Wildman–Crippen MR) is 73.0 cm³/mol. The molecule has 98 valence electrons. The first-order chi connectivity index (χ1) is 8.54. The van der Waals surface area contributed by atoms with Crippen LogP contribution < -0.4 is 4.90 Å². The van der Waals surface area contributed by atoms with Gasteiger partial charge in [-0.05, 0) is 31.6 Å². The molecule has 0 aliphatic carbocycles. The average Bonchev–Trinajstić information content (AvgIpc) is 2.36. The van der Waals surface area contributed by atoms with Gasteiger partial charge in [0.1, 0.15) is 0 Å². The molecule has 1 aromatic carbocycles. The molecule has 1 nitrogen and oxygen atoms in total. The van der Waals surface area contributed by atoms with Crippen molar-refractivity contribution >= 4 is 5.69 Å². The molecule has 0 fully saturated rings. The van der Waals surface area contributed by atoms with Crippen LogP contribution in [0.5, 0.6) is 0 Å². The third-order valence-corrected chi connectivity index (χ3v) is 2.64. The van der Waals surface area contributed by atoms with Gasteiger partial charge in [0.25, 0.3) is 6.43 Å². The fourth-order valence-corrected chi connectivity index (χ4v) is 1.56. The summed E-state index contributed by atoms with van der Waals surface area (Å²) in [6.45, 7) is 4.12. The first kappa shape index (κ1) is 14.4. The van der Waals surface area contributed by atoms with E-state index in [9.17, 15) is 8.78 Å². The van der Waals surface area contributed by atoms with Crippen molar-refractivity contribution in [2.75, 3.05) is 11.9 Å². The summed E-state index contributed by atoms with van der Waals surface area (Å²) in [5, 5.41) is 0. The van der Waals surface area contributed by atoms with Crippen molar-refractivity contribution < 1.29 is 8.78 Å². The molecule has 0 bridgehead atoms. The number of rotatable bonds is 5. The molecule has 0 N–H and O–H groups in total. The Morgan fingerprint density at radius 1 is 1.28 bits per heavy atom. The van der Waals surface area contributed by atoms with Gasteiger partial charge < -0.3 is 4.90 Å². The van der Waals surface area contributed by atoms with Gasteiger partial charge >= 0.3 is 0 Å². The van der Waals surface area contributed by atoms with Crippen molar-refractivity contribution in [1.29, 1.82) is 0 Å². The summed E-state index contributed by atoms with van der Waals surface area (Å²) in [5.74, 6) is 0. The lowest BCUT2D eigenvalue weighted by Crippen LogP contribution is -2.07. The fraction of sp³-hybridized carbons (Fsp3) is 0.333. The topological polar surface area (TPSA) is 3.24 Å². The Labute approximate surface area is 107 Å². The zero-order valence-electron chi connectivity index (χ0n) is 11.0. The van der Waals surface area contributed by atoms with E-state index in [1.807, 2.05) is 31.1 Å². The lowest BCUT2D eigenvalue weighted by atomic mass is 10.2. The molecule has 0 aromatic heterocycles. The van der Waals surface area contributed by atoms with Crippen LogP contribution in [0.15, 0.2) is 48.2 Å². The maximum absolute atomic E-state index is 12.4. The van der Waals surface area contributed by atoms with Crippen molar-refractivity contribution in [2.24, 2.45) is 0 Å². The van der Waals surface area contributed by atoms with Crippen LogP contribution >= 0.6 is 0 Å². The third kappa shape index (κ3) is 4.32. The molecule has 0 amide bonds. The molecule has 0 heterocycles. The molecule has 0 spiro atoms. The van der Waals surface area contributed by atoms with Crippen molar-refractivity contribution in [3.05, 3.63) is 53.8 Å². The minimum atomic E-state index is -2.41. The summed E-state index contributed by atoms with van der Waals surface area (Å²) in [5.41, 5.74) is 2.13. The summed E-state index contributed by atoms with van der Waals surface area (Å²) in [4.78, 5) is 1.91. The van der Waals surface area contributed by atoms with Gasteiger partial charge in [-0.25, -0.2) is 8.78 Å². The van der Waals surface area contributed by atoms with E-state index in [2.05, 4.69) is 13.0 Å². The van der Waals surface area contributed by atoms with Gasteiger partial charge in [-0.3, -0.25) is 0 Å². The number of anilines is 1. The Balaban J connectivity index is 2.72. The van der Waals surface area contributed by atoms with Gasteiger partial charge in [0.2, 0.25) is 0 Å². The lowest BCUT2D eigenvalue weighted by molar-refractivity contribution is 0.151. The van der Waals surface area contributed by atoms with Gasteiger partial charge in [-0.15, -0.1) is 0 Å². The summed E-state index contributed by atoms with van der Waals surface area (Å²) >= 11 is 0. The fourth-order valence-electron chi connectivity index (χ4n) is 1.56. The number of nitrogens with zero attached hydrogens (tertiary/aromatic N) is 1. The number of alkyl halides is 2. The summed E-state index contributed by atoms with van der Waals surface area (Å²) in [6, 6.07) is 6.31. The summed E-state index contributed by atoms with van der Waals surface area (Å²) in [7, 11) is 1.90. The van der Waals surface area contributed by atoms with Crippen LogP contribution in [-0.2, 0) is 0 Å². The molecule has 0 aliphatic rings. The molecular formula is C15H19F2N. The molecule has 0 atom stereocenters. The highest BCUT2D eigenvalue weighted by molar-refractivity contribution is 5.50. The first-order valence-electron chi connectivity index (χ1n) is 6.00. The van der Waals surface area contributed by atoms with Crippen molar-refractivity contribution in [3.8, 4) is 0 Å². The second kappa shape index (κ2) is 6.94. The zero-order chi connectivity index (χ0) is 13.5. The normalized spacial score (nSPS) is 12.4. The van der Waals surface area contributed by atoms with Crippen molar-refractivity contribution in [2.45, 2.75) is 26.7 Å². The lowest BCUT2D eigenvalue weighted by Gasteiger charge is -2.14. The first-order valence-corrected chi connectivity index (χ1v) is 6.00. The predicted octanol–water partition coefficient (Wildman–Crippen LogP) is 4.93. The summed E-state index contributed by atoms with van der Waals surface area (Å²) < 4.78 is 24.8. The molecule has 18 heavy (non-hydrogen) atoms. The van der Waals surface area contributed by atoms with E-state index < -0.39 is 6.43 Å². The average molecular weight is 251 g/mol. The standard InChI is InChI=1S/C15H19F2N/c1-4-5-12(2)10-11-18(3)14-8-6-13(7-9-14)15(16)17/h5-11,15H,4H2,1-3H3/b11-10-,12-5-. The molecule has 3 heteroatoms. The Morgan fingerprint density at radius 3 is 2.39 bits per heavy atom. The molecule has 0 radical (unpaired) electrons. The molecule has 1 rings (SSSR count). The number of hydrogen-bond acceptors (Lipinski definition) is 1. The van der Waals surface area contributed by atoms with E-state index >= 15 is 0 Å². The van der Waals surface area contributed by atoms with Gasteiger partial charge in [-0.1, -0.05) is 30.7 Å². The largest absolute Gasteiger partial charge is 0.351 e. The molecule has 0 unspecified atom stereocenters. The van der Waals surface area contributed by atoms with Gasteiger partial charge in [0, 0.05) is 24.5 Å². The summed E-state index contributed by atoms with van der Waals surface area (Å²) in [6.07, 6.45) is 4.66. The maximum Gasteiger partial charge on any atom is 0.263 e. The highest BCUT2D eigenvalue weighted by Gasteiger charge is 2.06. The quantitative estimate of drug-likeness (QED) is 0.671. The Morgan fingerprint density at radius 2 is 1.89 bits per heavy atom. The Bertz CT molecular complexity index is 419.